The predicted octanol–water partition coefficient (Wildman–Crippen LogP) is 0.762. The van der Waals surface area contributed by atoms with Gasteiger partial charge in [-0.2, -0.15) is 4.31 Å². The second-order valence-corrected chi connectivity index (χ2v) is 6.35. The quantitative estimate of drug-likeness (QED) is 0.881. The molecule has 1 aromatic heterocycles. The van der Waals surface area contributed by atoms with E-state index in [2.05, 4.69) is 5.32 Å². The van der Waals surface area contributed by atoms with Crippen molar-refractivity contribution in [1.82, 2.24) is 9.62 Å². The van der Waals surface area contributed by atoms with Crippen LogP contribution in [0.25, 0.3) is 0 Å². The third-order valence-corrected chi connectivity index (χ3v) is 5.55. The zero-order valence-corrected chi connectivity index (χ0v) is 10.7. The van der Waals surface area contributed by atoms with Crippen molar-refractivity contribution < 1.29 is 8.42 Å². The highest BCUT2D eigenvalue weighted by Gasteiger charge is 2.36. The highest BCUT2D eigenvalue weighted by molar-refractivity contribution is 7.91. The first-order chi connectivity index (χ1) is 6.64. The van der Waals surface area contributed by atoms with Crippen LogP contribution in [0.2, 0.25) is 0 Å². The van der Waals surface area contributed by atoms with E-state index in [4.69, 9.17) is 0 Å². The number of nitrogens with zero attached hydrogens (tertiary/aromatic N) is 1. The Morgan fingerprint density at radius 1 is 1.53 bits per heavy atom. The summed E-state index contributed by atoms with van der Waals surface area (Å²) in [7, 11) is -1.34. The van der Waals surface area contributed by atoms with E-state index >= 15 is 0 Å². The van der Waals surface area contributed by atoms with Gasteiger partial charge in [-0.05, 0) is 18.5 Å². The summed E-state index contributed by atoms with van der Waals surface area (Å²) >= 11 is 1.27. The highest BCUT2D eigenvalue weighted by Crippen LogP contribution is 2.24. The molecule has 0 saturated carbocycles. The molecule has 86 valence electrons. The van der Waals surface area contributed by atoms with Gasteiger partial charge in [0.15, 0.2) is 0 Å². The molecule has 0 spiro atoms. The maximum absolute atomic E-state index is 11.8. The molecule has 1 N–H and O–H groups in total. The summed E-state index contributed by atoms with van der Waals surface area (Å²) in [6.07, 6.45) is 0. The van der Waals surface area contributed by atoms with E-state index in [9.17, 15) is 8.42 Å². The smallest absolute Gasteiger partial charge is 0.252 e. The lowest BCUT2D eigenvalue weighted by Gasteiger charge is -2.37. The summed E-state index contributed by atoms with van der Waals surface area (Å²) in [5.74, 6) is 0. The fourth-order valence-corrected chi connectivity index (χ4v) is 4.03. The van der Waals surface area contributed by atoms with E-state index in [0.717, 1.165) is 0 Å². The maximum Gasteiger partial charge on any atom is 0.252 e. The van der Waals surface area contributed by atoms with Crippen LogP contribution < -0.4 is 5.32 Å². The molecule has 0 aromatic carbocycles. The summed E-state index contributed by atoms with van der Waals surface area (Å²) in [6, 6.07) is 3.71. The molecular formula is C8H13ClN2O2S2. The Morgan fingerprint density at radius 3 is 2.67 bits per heavy atom. The van der Waals surface area contributed by atoms with Gasteiger partial charge in [-0.25, -0.2) is 8.42 Å². The molecule has 0 bridgehead atoms. The Bertz CT molecular complexity index is 398. The fraction of sp³-hybridized carbons (Fsp3) is 0.500. The summed E-state index contributed by atoms with van der Waals surface area (Å²) in [5.41, 5.74) is 0. The Hall–Kier alpha value is -0.140. The first-order valence-electron chi connectivity index (χ1n) is 4.35. The molecule has 0 radical (unpaired) electrons. The lowest BCUT2D eigenvalue weighted by Crippen LogP contribution is -2.58. The number of thiophene rings is 1. The van der Waals surface area contributed by atoms with Crippen LogP contribution in [-0.2, 0) is 10.0 Å². The molecule has 0 amide bonds. The highest BCUT2D eigenvalue weighted by atomic mass is 35.5. The molecule has 2 rings (SSSR count). The first kappa shape index (κ1) is 12.9. The number of rotatable bonds is 3. The second kappa shape index (κ2) is 4.80. The molecule has 0 atom stereocenters. The molecular weight excluding hydrogens is 256 g/mol. The third-order valence-electron chi connectivity index (χ3n) is 2.35. The van der Waals surface area contributed by atoms with E-state index in [1.807, 2.05) is 7.05 Å². The summed E-state index contributed by atoms with van der Waals surface area (Å²) in [4.78, 5) is 0. The molecule has 2 heterocycles. The van der Waals surface area contributed by atoms with Gasteiger partial charge in [0.1, 0.15) is 4.21 Å². The molecule has 1 aliphatic heterocycles. The Balaban J connectivity index is 0.00000112. The maximum atomic E-state index is 11.8. The second-order valence-electron chi connectivity index (χ2n) is 3.24. The van der Waals surface area contributed by atoms with Crippen molar-refractivity contribution in [3.05, 3.63) is 17.5 Å². The monoisotopic (exact) mass is 268 g/mol. The van der Waals surface area contributed by atoms with Crippen LogP contribution in [0.3, 0.4) is 0 Å². The molecule has 7 heteroatoms. The average Bonchev–Trinajstić information content (AvgIpc) is 2.53. The van der Waals surface area contributed by atoms with Crippen LogP contribution in [0.1, 0.15) is 0 Å². The number of hydrogen-bond acceptors (Lipinski definition) is 4. The number of sulfonamides is 1. The SMILES string of the molecule is CNC1CN(S(=O)(=O)c2cccs2)C1.Cl. The minimum Gasteiger partial charge on any atom is -0.314 e. The lowest BCUT2D eigenvalue weighted by atomic mass is 10.2. The minimum absolute atomic E-state index is 0. The van der Waals surface area contributed by atoms with Gasteiger partial charge in [-0.1, -0.05) is 6.07 Å². The van der Waals surface area contributed by atoms with Gasteiger partial charge in [0.05, 0.1) is 0 Å². The van der Waals surface area contributed by atoms with Gasteiger partial charge >= 0.3 is 0 Å². The number of likely N-dealkylation sites (N-methyl/N-ethyl adjacent to an activating group) is 1. The van der Waals surface area contributed by atoms with Crippen LogP contribution in [0, 0.1) is 0 Å². The van der Waals surface area contributed by atoms with Crippen molar-refractivity contribution >= 4 is 33.8 Å². The van der Waals surface area contributed by atoms with Crippen molar-refractivity contribution in [3.8, 4) is 0 Å². The topological polar surface area (TPSA) is 49.4 Å². The first-order valence-corrected chi connectivity index (χ1v) is 6.67. The van der Waals surface area contributed by atoms with Gasteiger partial charge in [-0.15, -0.1) is 23.7 Å². The van der Waals surface area contributed by atoms with Crippen LogP contribution >= 0.6 is 23.7 Å². The van der Waals surface area contributed by atoms with Crippen molar-refractivity contribution in [3.63, 3.8) is 0 Å². The molecule has 1 saturated heterocycles. The van der Waals surface area contributed by atoms with E-state index in [-0.39, 0.29) is 12.4 Å². The number of halogens is 1. The van der Waals surface area contributed by atoms with Crippen molar-refractivity contribution in [2.24, 2.45) is 0 Å². The minimum atomic E-state index is -3.19. The molecule has 0 aliphatic carbocycles. The zero-order chi connectivity index (χ0) is 10.2. The number of hydrogen-bond donors (Lipinski definition) is 1. The molecule has 4 nitrogen and oxygen atoms in total. The van der Waals surface area contributed by atoms with Crippen LogP contribution in [-0.4, -0.2) is 38.9 Å². The van der Waals surface area contributed by atoms with Crippen LogP contribution in [0.4, 0.5) is 0 Å². The Labute approximate surface area is 99.7 Å². The normalized spacial score (nSPS) is 18.2. The summed E-state index contributed by atoms with van der Waals surface area (Å²) < 4.78 is 25.6. The third kappa shape index (κ3) is 2.34. The molecule has 1 aromatic rings. The largest absolute Gasteiger partial charge is 0.314 e. The molecule has 1 aliphatic rings. The average molecular weight is 269 g/mol. The van der Waals surface area contributed by atoms with Crippen LogP contribution in [0.5, 0.6) is 0 Å². The molecule has 0 unspecified atom stereocenters. The van der Waals surface area contributed by atoms with Crippen molar-refractivity contribution in [1.29, 1.82) is 0 Å². The van der Waals surface area contributed by atoms with Crippen molar-refractivity contribution in [2.45, 2.75) is 10.3 Å². The predicted molar refractivity (Wildman–Crippen MR) is 63.2 cm³/mol. The van der Waals surface area contributed by atoms with E-state index in [1.54, 1.807) is 17.5 Å². The number of nitrogens with one attached hydrogen (secondary N) is 1. The lowest BCUT2D eigenvalue weighted by molar-refractivity contribution is 0.237. The molecule has 1 fully saturated rings. The van der Waals surface area contributed by atoms with Gasteiger partial charge in [-0.3, -0.25) is 0 Å². The summed E-state index contributed by atoms with van der Waals surface area (Å²) in [6.45, 7) is 1.16. The van der Waals surface area contributed by atoms with Gasteiger partial charge in [0.2, 0.25) is 0 Å². The Kier molecular flexibility index (Phi) is 4.13. The van der Waals surface area contributed by atoms with E-state index in [1.165, 1.54) is 15.6 Å². The summed E-state index contributed by atoms with van der Waals surface area (Å²) in [5, 5.41) is 4.83. The fourth-order valence-electron chi connectivity index (χ4n) is 1.35. The van der Waals surface area contributed by atoms with Gasteiger partial charge in [0, 0.05) is 19.1 Å². The van der Waals surface area contributed by atoms with E-state index < -0.39 is 10.0 Å². The van der Waals surface area contributed by atoms with Gasteiger partial charge < -0.3 is 5.32 Å². The molecule has 15 heavy (non-hydrogen) atoms. The Morgan fingerprint density at radius 2 is 2.20 bits per heavy atom. The van der Waals surface area contributed by atoms with Gasteiger partial charge in [0.25, 0.3) is 10.0 Å². The van der Waals surface area contributed by atoms with Crippen LogP contribution in [0.15, 0.2) is 21.7 Å². The van der Waals surface area contributed by atoms with E-state index in [0.29, 0.717) is 23.3 Å². The standard InChI is InChI=1S/C8H12N2O2S2.ClH/c1-9-7-5-10(6-7)14(11,12)8-3-2-4-13-8;/h2-4,7,9H,5-6H2,1H3;1H. The zero-order valence-electron chi connectivity index (χ0n) is 8.21. The van der Waals surface area contributed by atoms with Crippen molar-refractivity contribution in [2.75, 3.05) is 20.1 Å².